The van der Waals surface area contributed by atoms with Crippen molar-refractivity contribution >= 4 is 11.6 Å². The molecule has 0 nitrogen and oxygen atoms in total. The van der Waals surface area contributed by atoms with E-state index in [0.717, 1.165) is 11.8 Å². The smallest absolute Gasteiger partial charge is 0.0338 e. The topological polar surface area (TPSA) is 0 Å². The number of alkyl halides is 1. The lowest BCUT2D eigenvalue weighted by atomic mass is 9.78. The second-order valence-corrected chi connectivity index (χ2v) is 4.55. The quantitative estimate of drug-likeness (QED) is 0.559. The highest BCUT2D eigenvalue weighted by atomic mass is 35.5. The lowest BCUT2D eigenvalue weighted by Crippen LogP contribution is -2.22. The van der Waals surface area contributed by atoms with Gasteiger partial charge in [-0.2, -0.15) is 0 Å². The van der Waals surface area contributed by atoms with Gasteiger partial charge in [0.1, 0.15) is 0 Å². The number of rotatable bonds is 2. The second-order valence-electron chi connectivity index (χ2n) is 3.94. The van der Waals surface area contributed by atoms with Crippen molar-refractivity contribution in [3.63, 3.8) is 0 Å². The number of hydrogen-bond donors (Lipinski definition) is 0. The molecule has 0 heterocycles. The molecule has 0 N–H and O–H groups in total. The number of halogens is 1. The summed E-state index contributed by atoms with van der Waals surface area (Å²) in [7, 11) is 0. The summed E-state index contributed by atoms with van der Waals surface area (Å²) in [5, 5.41) is 0.470. The van der Waals surface area contributed by atoms with E-state index in [1.54, 1.807) is 0 Å². The largest absolute Gasteiger partial charge is 0.123 e. The average Bonchev–Trinajstić information content (AvgIpc) is 1.95. The highest BCUT2D eigenvalue weighted by Crippen LogP contribution is 2.34. The molecule has 0 aromatic rings. The summed E-state index contributed by atoms with van der Waals surface area (Å²) < 4.78 is 0. The van der Waals surface area contributed by atoms with Gasteiger partial charge >= 0.3 is 0 Å². The van der Waals surface area contributed by atoms with Gasteiger partial charge < -0.3 is 0 Å². The Labute approximate surface area is 75.3 Å². The van der Waals surface area contributed by atoms with Crippen LogP contribution in [-0.4, -0.2) is 5.38 Å². The van der Waals surface area contributed by atoms with E-state index in [2.05, 4.69) is 13.8 Å². The highest BCUT2D eigenvalue weighted by molar-refractivity contribution is 6.20. The lowest BCUT2D eigenvalue weighted by Gasteiger charge is -2.31. The minimum absolute atomic E-state index is 0.470. The second kappa shape index (κ2) is 4.35. The first-order valence-corrected chi connectivity index (χ1v) is 5.31. The van der Waals surface area contributed by atoms with Crippen molar-refractivity contribution in [2.75, 3.05) is 0 Å². The van der Waals surface area contributed by atoms with Crippen LogP contribution in [0.15, 0.2) is 0 Å². The summed E-state index contributed by atoms with van der Waals surface area (Å²) in [6, 6.07) is 0. The third-order valence-corrected chi connectivity index (χ3v) is 3.34. The van der Waals surface area contributed by atoms with Crippen molar-refractivity contribution in [2.45, 2.75) is 51.3 Å². The Morgan fingerprint density at radius 3 is 2.64 bits per heavy atom. The van der Waals surface area contributed by atoms with Gasteiger partial charge in [-0.1, -0.05) is 26.7 Å². The summed E-state index contributed by atoms with van der Waals surface area (Å²) in [5.41, 5.74) is 0. The zero-order chi connectivity index (χ0) is 8.27. The molecular weight excluding hydrogens is 156 g/mol. The summed E-state index contributed by atoms with van der Waals surface area (Å²) in [6.07, 6.45) is 6.60. The fourth-order valence-electron chi connectivity index (χ4n) is 2.19. The van der Waals surface area contributed by atoms with Gasteiger partial charge in [-0.25, -0.2) is 0 Å². The van der Waals surface area contributed by atoms with Gasteiger partial charge in [0.05, 0.1) is 0 Å². The van der Waals surface area contributed by atoms with Crippen LogP contribution < -0.4 is 0 Å². The first-order chi connectivity index (χ1) is 5.24. The predicted octanol–water partition coefficient (Wildman–Crippen LogP) is 3.83. The Kier molecular flexibility index (Phi) is 3.71. The molecule has 1 fully saturated rings. The third-order valence-electron chi connectivity index (χ3n) is 2.94. The van der Waals surface area contributed by atoms with Gasteiger partial charge in [0, 0.05) is 5.38 Å². The summed E-state index contributed by atoms with van der Waals surface area (Å²) in [5.74, 6) is 1.83. The maximum Gasteiger partial charge on any atom is 0.0338 e. The van der Waals surface area contributed by atoms with Gasteiger partial charge in [-0.3, -0.25) is 0 Å². The SMILES string of the molecule is CCCC1CCC(Cl)CC1C. The van der Waals surface area contributed by atoms with E-state index >= 15 is 0 Å². The van der Waals surface area contributed by atoms with E-state index in [-0.39, 0.29) is 0 Å². The Morgan fingerprint density at radius 1 is 1.36 bits per heavy atom. The molecule has 3 unspecified atom stereocenters. The maximum atomic E-state index is 6.08. The standard InChI is InChI=1S/C10H19Cl/c1-3-4-9-5-6-10(11)7-8(9)2/h8-10H,3-7H2,1-2H3. The number of hydrogen-bond acceptors (Lipinski definition) is 0. The van der Waals surface area contributed by atoms with Gasteiger partial charge in [-0.15, -0.1) is 11.6 Å². The zero-order valence-electron chi connectivity index (χ0n) is 7.65. The molecule has 0 radical (unpaired) electrons. The lowest BCUT2D eigenvalue weighted by molar-refractivity contribution is 0.244. The van der Waals surface area contributed by atoms with Crippen molar-refractivity contribution in [2.24, 2.45) is 11.8 Å². The highest BCUT2D eigenvalue weighted by Gasteiger charge is 2.25. The molecule has 3 atom stereocenters. The molecule has 0 aromatic heterocycles. The summed E-state index contributed by atoms with van der Waals surface area (Å²) in [4.78, 5) is 0. The molecule has 0 bridgehead atoms. The molecule has 1 aliphatic rings. The minimum Gasteiger partial charge on any atom is -0.123 e. The Balaban J connectivity index is 2.31. The van der Waals surface area contributed by atoms with Gasteiger partial charge in [-0.05, 0) is 31.1 Å². The summed E-state index contributed by atoms with van der Waals surface area (Å²) in [6.45, 7) is 4.63. The first kappa shape index (κ1) is 9.38. The molecular formula is C10H19Cl. The monoisotopic (exact) mass is 174 g/mol. The average molecular weight is 175 g/mol. The molecule has 66 valence electrons. The Morgan fingerprint density at radius 2 is 2.09 bits per heavy atom. The van der Waals surface area contributed by atoms with E-state index in [4.69, 9.17) is 11.6 Å². The Bertz CT molecular complexity index is 111. The van der Waals surface area contributed by atoms with Crippen LogP contribution in [0.3, 0.4) is 0 Å². The van der Waals surface area contributed by atoms with E-state index in [9.17, 15) is 0 Å². The first-order valence-electron chi connectivity index (χ1n) is 4.88. The van der Waals surface area contributed by atoms with Crippen molar-refractivity contribution in [1.82, 2.24) is 0 Å². The van der Waals surface area contributed by atoms with E-state index in [0.29, 0.717) is 5.38 Å². The van der Waals surface area contributed by atoms with E-state index < -0.39 is 0 Å². The van der Waals surface area contributed by atoms with Crippen LogP contribution in [0, 0.1) is 11.8 Å². The van der Waals surface area contributed by atoms with Crippen molar-refractivity contribution < 1.29 is 0 Å². The third kappa shape index (κ3) is 2.66. The van der Waals surface area contributed by atoms with Crippen LogP contribution in [0.4, 0.5) is 0 Å². The van der Waals surface area contributed by atoms with Crippen molar-refractivity contribution in [3.8, 4) is 0 Å². The normalized spacial score (nSPS) is 39.0. The molecule has 0 amide bonds. The minimum atomic E-state index is 0.470. The van der Waals surface area contributed by atoms with Gasteiger partial charge in [0.25, 0.3) is 0 Å². The van der Waals surface area contributed by atoms with Gasteiger partial charge in [0.15, 0.2) is 0 Å². The van der Waals surface area contributed by atoms with Crippen molar-refractivity contribution in [1.29, 1.82) is 0 Å². The fraction of sp³-hybridized carbons (Fsp3) is 1.00. The van der Waals surface area contributed by atoms with Crippen LogP contribution in [-0.2, 0) is 0 Å². The van der Waals surface area contributed by atoms with Crippen LogP contribution in [0.25, 0.3) is 0 Å². The predicted molar refractivity (Wildman–Crippen MR) is 51.1 cm³/mol. The Hall–Kier alpha value is 0.290. The molecule has 1 heteroatoms. The summed E-state index contributed by atoms with van der Waals surface area (Å²) >= 11 is 6.08. The van der Waals surface area contributed by atoms with Crippen LogP contribution >= 0.6 is 11.6 Å². The van der Waals surface area contributed by atoms with Crippen LogP contribution in [0.5, 0.6) is 0 Å². The van der Waals surface area contributed by atoms with Gasteiger partial charge in [0.2, 0.25) is 0 Å². The zero-order valence-corrected chi connectivity index (χ0v) is 8.40. The fourth-order valence-corrected chi connectivity index (χ4v) is 2.60. The van der Waals surface area contributed by atoms with E-state index in [1.807, 2.05) is 0 Å². The molecule has 0 spiro atoms. The molecule has 0 aromatic carbocycles. The molecule has 1 aliphatic carbocycles. The van der Waals surface area contributed by atoms with Crippen LogP contribution in [0.2, 0.25) is 0 Å². The molecule has 1 rings (SSSR count). The molecule has 0 aliphatic heterocycles. The maximum absolute atomic E-state index is 6.08. The molecule has 11 heavy (non-hydrogen) atoms. The van der Waals surface area contributed by atoms with E-state index in [1.165, 1.54) is 32.1 Å². The van der Waals surface area contributed by atoms with Crippen LogP contribution in [0.1, 0.15) is 46.0 Å². The molecule has 1 saturated carbocycles. The van der Waals surface area contributed by atoms with Crippen molar-refractivity contribution in [3.05, 3.63) is 0 Å². The molecule has 0 saturated heterocycles.